The van der Waals surface area contributed by atoms with Crippen LogP contribution in [0.3, 0.4) is 0 Å². The number of likely N-dealkylation sites (tertiary alicyclic amines) is 1. The minimum atomic E-state index is -0.440. The molecule has 0 radical (unpaired) electrons. The van der Waals surface area contributed by atoms with Crippen molar-refractivity contribution in [1.29, 1.82) is 0 Å². The van der Waals surface area contributed by atoms with Crippen LogP contribution in [0.25, 0.3) is 0 Å². The zero-order chi connectivity index (χ0) is 18.8. The van der Waals surface area contributed by atoms with Gasteiger partial charge in [0.05, 0.1) is 6.20 Å². The maximum atomic E-state index is 13.4. The van der Waals surface area contributed by atoms with Crippen LogP contribution in [0.2, 0.25) is 0 Å². The third-order valence-electron chi connectivity index (χ3n) is 4.71. The highest BCUT2D eigenvalue weighted by Crippen LogP contribution is 2.33. The second-order valence-corrected chi connectivity index (χ2v) is 6.64. The van der Waals surface area contributed by atoms with Crippen LogP contribution < -0.4 is 0 Å². The highest BCUT2D eigenvalue weighted by Gasteiger charge is 2.34. The molecule has 6 heteroatoms. The smallest absolute Gasteiger partial charge is 0.254 e. The number of rotatable bonds is 4. The summed E-state index contributed by atoms with van der Waals surface area (Å²) in [6.45, 7) is 0.571. The van der Waals surface area contributed by atoms with Crippen molar-refractivity contribution in [2.45, 2.75) is 25.3 Å². The number of oxazole rings is 1. The standard InChI is InChI=1S/C21H18F2N2O2/c22-16-6-1-4-14(10-16)11-18-13-24-20(27-18)19-8-3-9-25(19)21(26)15-5-2-7-17(23)12-15/h1-2,4-7,10,12-13,19H,3,8-9,11H2. The molecule has 1 atom stereocenters. The molecule has 0 aliphatic carbocycles. The first-order chi connectivity index (χ1) is 13.1. The van der Waals surface area contributed by atoms with Gasteiger partial charge in [-0.1, -0.05) is 18.2 Å². The number of carbonyl (C=O) groups is 1. The van der Waals surface area contributed by atoms with E-state index in [4.69, 9.17) is 4.42 Å². The lowest BCUT2D eigenvalue weighted by Gasteiger charge is -2.22. The van der Waals surface area contributed by atoms with Gasteiger partial charge in [0.25, 0.3) is 5.91 Å². The molecular weight excluding hydrogens is 350 g/mol. The van der Waals surface area contributed by atoms with Crippen LogP contribution in [-0.4, -0.2) is 22.3 Å². The molecule has 0 bridgehead atoms. The summed E-state index contributed by atoms with van der Waals surface area (Å²) in [5.41, 5.74) is 1.10. The van der Waals surface area contributed by atoms with Gasteiger partial charge in [-0.25, -0.2) is 13.8 Å². The number of amides is 1. The highest BCUT2D eigenvalue weighted by atomic mass is 19.1. The van der Waals surface area contributed by atoms with E-state index >= 15 is 0 Å². The van der Waals surface area contributed by atoms with Crippen LogP contribution in [0.15, 0.2) is 59.1 Å². The summed E-state index contributed by atoms with van der Waals surface area (Å²) in [5, 5.41) is 0. The number of hydrogen-bond acceptors (Lipinski definition) is 3. The maximum absolute atomic E-state index is 13.4. The van der Waals surface area contributed by atoms with E-state index in [9.17, 15) is 13.6 Å². The Morgan fingerprint density at radius 1 is 1.15 bits per heavy atom. The lowest BCUT2D eigenvalue weighted by atomic mass is 10.1. The van der Waals surface area contributed by atoms with E-state index in [0.717, 1.165) is 18.4 Å². The summed E-state index contributed by atoms with van der Waals surface area (Å²) in [7, 11) is 0. The minimum absolute atomic E-state index is 0.234. The molecule has 4 rings (SSSR count). The van der Waals surface area contributed by atoms with Gasteiger partial charge in [0.2, 0.25) is 5.89 Å². The average Bonchev–Trinajstić information content (AvgIpc) is 3.30. The molecule has 2 aromatic carbocycles. The minimum Gasteiger partial charge on any atom is -0.443 e. The van der Waals surface area contributed by atoms with Crippen molar-refractivity contribution in [3.05, 3.63) is 89.1 Å². The molecule has 0 spiro atoms. The maximum Gasteiger partial charge on any atom is 0.254 e. The molecule has 27 heavy (non-hydrogen) atoms. The van der Waals surface area contributed by atoms with Crippen LogP contribution in [0.4, 0.5) is 8.78 Å². The lowest BCUT2D eigenvalue weighted by molar-refractivity contribution is 0.0714. The van der Waals surface area contributed by atoms with Crippen LogP contribution in [0.1, 0.15) is 46.5 Å². The Balaban J connectivity index is 1.52. The molecule has 3 aromatic rings. The van der Waals surface area contributed by atoms with E-state index in [2.05, 4.69) is 4.98 Å². The van der Waals surface area contributed by atoms with E-state index in [0.29, 0.717) is 30.2 Å². The number of nitrogens with zero attached hydrogens (tertiary/aromatic N) is 2. The van der Waals surface area contributed by atoms with Gasteiger partial charge < -0.3 is 9.32 Å². The highest BCUT2D eigenvalue weighted by molar-refractivity contribution is 5.94. The van der Waals surface area contributed by atoms with Gasteiger partial charge in [-0.15, -0.1) is 0 Å². The molecule has 1 aromatic heterocycles. The molecule has 138 valence electrons. The molecule has 1 unspecified atom stereocenters. The van der Waals surface area contributed by atoms with Crippen molar-refractivity contribution in [2.75, 3.05) is 6.54 Å². The Morgan fingerprint density at radius 3 is 2.70 bits per heavy atom. The summed E-state index contributed by atoms with van der Waals surface area (Å²) in [6, 6.07) is 11.7. The molecule has 2 heterocycles. The molecule has 0 saturated carbocycles. The summed E-state index contributed by atoms with van der Waals surface area (Å²) in [6.07, 6.45) is 3.60. The van der Waals surface area contributed by atoms with Crippen molar-refractivity contribution in [2.24, 2.45) is 0 Å². The number of benzene rings is 2. The molecule has 1 amide bonds. The Labute approximate surface area is 155 Å². The number of carbonyl (C=O) groups excluding carboxylic acids is 1. The first-order valence-corrected chi connectivity index (χ1v) is 8.86. The SMILES string of the molecule is O=C(c1cccc(F)c1)N1CCCC1c1ncc(Cc2cccc(F)c2)o1. The predicted molar refractivity (Wildman–Crippen MR) is 95.1 cm³/mol. The Bertz CT molecular complexity index is 970. The van der Waals surface area contributed by atoms with Gasteiger partial charge in [0.1, 0.15) is 23.4 Å². The van der Waals surface area contributed by atoms with E-state index in [1.54, 1.807) is 23.2 Å². The van der Waals surface area contributed by atoms with Crippen molar-refractivity contribution in [1.82, 2.24) is 9.88 Å². The van der Waals surface area contributed by atoms with E-state index in [1.165, 1.54) is 30.3 Å². The van der Waals surface area contributed by atoms with Gasteiger partial charge in [-0.2, -0.15) is 0 Å². The van der Waals surface area contributed by atoms with Crippen molar-refractivity contribution >= 4 is 5.91 Å². The molecule has 1 aliphatic heterocycles. The third-order valence-corrected chi connectivity index (χ3v) is 4.71. The lowest BCUT2D eigenvalue weighted by Crippen LogP contribution is -2.30. The number of halogens is 2. The monoisotopic (exact) mass is 368 g/mol. The van der Waals surface area contributed by atoms with Gasteiger partial charge in [-0.05, 0) is 48.7 Å². The topological polar surface area (TPSA) is 46.3 Å². The van der Waals surface area contributed by atoms with Crippen LogP contribution in [0.5, 0.6) is 0 Å². The molecule has 4 nitrogen and oxygen atoms in total. The van der Waals surface area contributed by atoms with Crippen LogP contribution in [0, 0.1) is 11.6 Å². The number of hydrogen-bond donors (Lipinski definition) is 0. The van der Waals surface area contributed by atoms with Crippen molar-refractivity contribution in [3.8, 4) is 0 Å². The average molecular weight is 368 g/mol. The fourth-order valence-electron chi connectivity index (χ4n) is 3.46. The summed E-state index contributed by atoms with van der Waals surface area (Å²) < 4.78 is 32.6. The summed E-state index contributed by atoms with van der Waals surface area (Å²) in [5.74, 6) is 0.103. The fourth-order valence-corrected chi connectivity index (χ4v) is 3.46. The second-order valence-electron chi connectivity index (χ2n) is 6.64. The van der Waals surface area contributed by atoms with E-state index in [1.807, 2.05) is 6.07 Å². The molecule has 1 saturated heterocycles. The molecular formula is C21H18F2N2O2. The largest absolute Gasteiger partial charge is 0.443 e. The van der Waals surface area contributed by atoms with Crippen molar-refractivity contribution in [3.63, 3.8) is 0 Å². The first-order valence-electron chi connectivity index (χ1n) is 8.86. The van der Waals surface area contributed by atoms with Crippen molar-refractivity contribution < 1.29 is 18.0 Å². The Kier molecular flexibility index (Phi) is 4.71. The zero-order valence-corrected chi connectivity index (χ0v) is 14.6. The van der Waals surface area contributed by atoms with E-state index in [-0.39, 0.29) is 17.8 Å². The first kappa shape index (κ1) is 17.4. The summed E-state index contributed by atoms with van der Waals surface area (Å²) >= 11 is 0. The predicted octanol–water partition coefficient (Wildman–Crippen LogP) is 4.52. The van der Waals surface area contributed by atoms with Crippen LogP contribution >= 0.6 is 0 Å². The quantitative estimate of drug-likeness (QED) is 0.680. The third kappa shape index (κ3) is 3.74. The summed E-state index contributed by atoms with van der Waals surface area (Å²) in [4.78, 5) is 18.8. The number of aromatic nitrogens is 1. The van der Waals surface area contributed by atoms with Crippen LogP contribution in [-0.2, 0) is 6.42 Å². The molecule has 1 aliphatic rings. The second kappa shape index (κ2) is 7.31. The van der Waals surface area contributed by atoms with Gasteiger partial charge >= 0.3 is 0 Å². The van der Waals surface area contributed by atoms with E-state index < -0.39 is 5.82 Å². The molecule has 0 N–H and O–H groups in total. The zero-order valence-electron chi connectivity index (χ0n) is 14.6. The van der Waals surface area contributed by atoms with Gasteiger partial charge in [0, 0.05) is 18.5 Å². The Hall–Kier alpha value is -3.02. The molecule has 1 fully saturated rings. The fraction of sp³-hybridized carbons (Fsp3) is 0.238. The Morgan fingerprint density at radius 2 is 1.93 bits per heavy atom. The van der Waals surface area contributed by atoms with Gasteiger partial charge in [-0.3, -0.25) is 4.79 Å². The normalized spacial score (nSPS) is 16.7. The van der Waals surface area contributed by atoms with Gasteiger partial charge in [0.15, 0.2) is 0 Å².